The van der Waals surface area contributed by atoms with E-state index in [1.807, 2.05) is 24.3 Å². The molecule has 0 bridgehead atoms. The summed E-state index contributed by atoms with van der Waals surface area (Å²) >= 11 is 0. The molecule has 16 rings (SSSR count). The molecule has 0 atom stereocenters. The SMILES string of the molecule is CC(C)Cc1cc(-c2[c-]cc3c(c2)-c2ccccc2S3(=O)=O)ncc1[Si](C)(C)c1ccccc1.C[Si](C)(C)c1cnc(-c2[c-]cc3c(c2)-c2ccccc2[Si]3(c2ccccc2)c2ccccc2)cc1-c1ccccc1.[2H]c1[c-]c(-c2ccccn2)cc([2H])c1[2H].[2H]c1[c-]c(-c2nc([2H])c([2H])c([2H])c2[2H])cc([2H])c1[2H].[Ir].[Ir]. The zero-order valence-electron chi connectivity index (χ0n) is 66.7. The van der Waals surface area contributed by atoms with Crippen LogP contribution in [0.2, 0.25) is 32.7 Å². The van der Waals surface area contributed by atoms with Crippen LogP contribution < -0.4 is 36.3 Å². The number of fused-ring (bicyclic) bond motifs is 6. The maximum atomic E-state index is 13.0. The zero-order chi connectivity index (χ0) is 77.3. The first-order valence-electron chi connectivity index (χ1n) is 37.8. The van der Waals surface area contributed by atoms with Crippen molar-refractivity contribution in [1.82, 2.24) is 19.9 Å². The molecule has 2 aliphatic heterocycles. The van der Waals surface area contributed by atoms with Gasteiger partial charge in [0.25, 0.3) is 0 Å². The first kappa shape index (κ1) is 60.5. The van der Waals surface area contributed by atoms with E-state index in [2.05, 4.69) is 263 Å². The van der Waals surface area contributed by atoms with E-state index in [9.17, 15) is 8.42 Å². The smallest absolute Gasteiger partial charge is 0.173 e. The molecule has 504 valence electrons. The van der Waals surface area contributed by atoms with E-state index in [-0.39, 0.29) is 93.8 Å². The first-order chi connectivity index (χ1) is 52.2. The fraction of sp³-hybridized carbons (Fsp3) is 0.101. The van der Waals surface area contributed by atoms with E-state index in [0.717, 1.165) is 40.1 Å². The van der Waals surface area contributed by atoms with Crippen molar-refractivity contribution < 1.29 is 62.3 Å². The van der Waals surface area contributed by atoms with E-state index in [1.54, 1.807) is 36.5 Å². The van der Waals surface area contributed by atoms with Crippen molar-refractivity contribution in [3.8, 4) is 78.4 Å². The maximum Gasteiger partial charge on any atom is 0.173 e. The number of hydrogen-bond acceptors (Lipinski definition) is 6. The van der Waals surface area contributed by atoms with Gasteiger partial charge in [0, 0.05) is 70.5 Å². The summed E-state index contributed by atoms with van der Waals surface area (Å²) in [5.74, 6) is 0.510. The molecule has 0 amide bonds. The largest absolute Gasteiger partial charge is 0.305 e. The van der Waals surface area contributed by atoms with E-state index in [4.69, 9.17) is 23.7 Å². The van der Waals surface area contributed by atoms with Crippen LogP contribution in [0, 0.1) is 30.2 Å². The second-order valence-corrected chi connectivity index (χ2v) is 41.2. The predicted octanol–water partition coefficient (Wildman–Crippen LogP) is 16.6. The van der Waals surface area contributed by atoms with Crippen LogP contribution in [0.25, 0.3) is 78.4 Å². The summed E-state index contributed by atoms with van der Waals surface area (Å²) in [6, 6.07) is 90.8. The molecule has 0 fully saturated rings. The summed E-state index contributed by atoms with van der Waals surface area (Å²) in [4.78, 5) is 18.5. The summed E-state index contributed by atoms with van der Waals surface area (Å²) in [5, 5.41) is 9.79. The molecule has 0 unspecified atom stereocenters. The quantitative estimate of drug-likeness (QED) is 0.0895. The molecular formula is C89H76Ir2N4O2SSi3-4. The number of aromatic nitrogens is 4. The topological polar surface area (TPSA) is 85.7 Å². The van der Waals surface area contributed by atoms with Gasteiger partial charge in [0.1, 0.15) is 16.1 Å². The Labute approximate surface area is 640 Å². The Morgan fingerprint density at radius 1 is 0.446 bits per heavy atom. The van der Waals surface area contributed by atoms with Gasteiger partial charge in [0.2, 0.25) is 0 Å². The van der Waals surface area contributed by atoms with E-state index >= 15 is 0 Å². The normalized spacial score (nSPS) is 13.9. The van der Waals surface area contributed by atoms with Gasteiger partial charge < -0.3 is 19.9 Å². The summed E-state index contributed by atoms with van der Waals surface area (Å²) < 4.78 is 101. The Bertz CT molecular complexity index is 5800. The standard InChI is InChI=1S/C38H32NSi2.C29H28NO2SSi.2C11H8N.2Ir/c1-40(2,3)38-27-39-35(26-33(38)28-15-7-4-8-16-28)29-23-24-37-34(25-29)32-21-13-14-22-36(32)41(37,30-17-9-5-10-18-30)31-19-11-6-12-20-31;1-20(2)16-22-18-26(30-19-29(22)34(3,4)23-10-6-5-7-11-23)21-14-15-28-25(17-21)24-12-8-9-13-27(24)33(28,31)32;2*1-2-6-10(7-3-1)11-8-4-5-9-12-11;;/h4-22,24-27H,1-3H3;5-13,15,17-20H,16H2,1-4H3;2*1-6,8-9H;;/q4*-1;;/i;;1D,2D,3D,4D,5D,8D,9D;1D,2D,3D;;. The molecule has 2 aliphatic rings. The van der Waals surface area contributed by atoms with Crippen LogP contribution >= 0.6 is 0 Å². The number of rotatable bonds is 12. The minimum Gasteiger partial charge on any atom is -0.305 e. The molecular weight excluding hydrogens is 1660 g/mol. The average molecular weight is 1740 g/mol. The van der Waals surface area contributed by atoms with Crippen molar-refractivity contribution in [2.45, 2.75) is 62.8 Å². The van der Waals surface area contributed by atoms with Crippen molar-refractivity contribution >= 4 is 70.4 Å². The number of pyridine rings is 4. The molecule has 6 nitrogen and oxygen atoms in total. The molecule has 0 aliphatic carbocycles. The van der Waals surface area contributed by atoms with Crippen molar-refractivity contribution in [2.24, 2.45) is 5.92 Å². The molecule has 101 heavy (non-hydrogen) atoms. The minimum absolute atomic E-state index is 0. The van der Waals surface area contributed by atoms with Gasteiger partial charge in [-0.3, -0.25) is 0 Å². The summed E-state index contributed by atoms with van der Waals surface area (Å²) in [6.45, 7) is 16.4. The van der Waals surface area contributed by atoms with Crippen LogP contribution in [-0.2, 0) is 56.5 Å². The third kappa shape index (κ3) is 15.5. The van der Waals surface area contributed by atoms with Gasteiger partial charge in [-0.2, -0.15) is 0 Å². The third-order valence-corrected chi connectivity index (χ3v) is 30.3. The molecule has 0 spiro atoms. The molecule has 10 aromatic carbocycles. The molecule has 0 saturated heterocycles. The monoisotopic (exact) mass is 1740 g/mol. The van der Waals surface area contributed by atoms with E-state index in [0.29, 0.717) is 27.0 Å². The van der Waals surface area contributed by atoms with E-state index in [1.165, 1.54) is 76.3 Å². The van der Waals surface area contributed by atoms with Gasteiger partial charge in [-0.25, -0.2) is 8.42 Å². The van der Waals surface area contributed by atoms with Crippen molar-refractivity contribution in [3.05, 3.63) is 346 Å². The molecule has 0 N–H and O–H groups in total. The Balaban J connectivity index is 0.000000156. The Kier molecular flexibility index (Phi) is 19.2. The summed E-state index contributed by atoms with van der Waals surface area (Å²) in [5.41, 5.74) is 13.0. The predicted molar refractivity (Wildman–Crippen MR) is 418 cm³/mol. The van der Waals surface area contributed by atoms with Crippen LogP contribution in [0.1, 0.15) is 33.1 Å². The summed E-state index contributed by atoms with van der Waals surface area (Å²) in [6.07, 6.45) is 6.35. The minimum atomic E-state index is -3.49. The van der Waals surface area contributed by atoms with Crippen LogP contribution in [-0.4, -0.2) is 52.6 Å². The fourth-order valence-corrected chi connectivity index (χ4v) is 24.1. The van der Waals surface area contributed by atoms with E-state index < -0.39 is 52.3 Å². The molecule has 2 radical (unpaired) electrons. The first-order valence-corrected chi connectivity index (χ1v) is 42.8. The van der Waals surface area contributed by atoms with Crippen molar-refractivity contribution in [3.63, 3.8) is 0 Å². The van der Waals surface area contributed by atoms with Crippen LogP contribution in [0.5, 0.6) is 0 Å². The Morgan fingerprint density at radius 2 is 1.00 bits per heavy atom. The molecule has 4 aromatic heterocycles. The van der Waals surface area contributed by atoms with Gasteiger partial charge in [-0.1, -0.05) is 279 Å². The van der Waals surface area contributed by atoms with Crippen LogP contribution in [0.4, 0.5) is 0 Å². The molecule has 6 heterocycles. The van der Waals surface area contributed by atoms with Crippen molar-refractivity contribution in [2.75, 3.05) is 0 Å². The Morgan fingerprint density at radius 3 is 1.62 bits per heavy atom. The number of sulfone groups is 1. The molecule has 12 heteroatoms. The number of benzene rings is 10. The van der Waals surface area contributed by atoms with Gasteiger partial charge in [0.15, 0.2) is 9.84 Å². The van der Waals surface area contributed by atoms with Gasteiger partial charge in [-0.15, -0.1) is 124 Å². The maximum absolute atomic E-state index is 13.0. The van der Waals surface area contributed by atoms with Gasteiger partial charge in [-0.05, 0) is 98.7 Å². The second-order valence-electron chi connectivity index (χ2n) is 26.2. The zero-order valence-corrected chi connectivity index (χ0v) is 65.3. The third-order valence-electron chi connectivity index (χ3n) is 18.0. The van der Waals surface area contributed by atoms with Gasteiger partial charge >= 0.3 is 0 Å². The number of nitrogens with zero attached hydrogens (tertiary/aromatic N) is 4. The summed E-state index contributed by atoms with van der Waals surface area (Å²) in [7, 11) is -9.52. The van der Waals surface area contributed by atoms with Crippen LogP contribution in [0.3, 0.4) is 0 Å². The van der Waals surface area contributed by atoms with Crippen LogP contribution in [0.15, 0.2) is 326 Å². The van der Waals surface area contributed by atoms with Crippen molar-refractivity contribution in [1.29, 1.82) is 0 Å². The molecule has 14 aromatic rings. The fourth-order valence-electron chi connectivity index (χ4n) is 13.2. The average Bonchev–Trinajstić information content (AvgIpc) is 1.54. The number of hydrogen-bond donors (Lipinski definition) is 0. The second kappa shape index (κ2) is 32.1. The van der Waals surface area contributed by atoms with Gasteiger partial charge in [0.05, 0.1) is 18.5 Å². The Hall–Kier alpha value is -9.30. The molecule has 0 saturated carbocycles.